The summed E-state index contributed by atoms with van der Waals surface area (Å²) in [6.07, 6.45) is 0. The number of nitrogens with zero attached hydrogens (tertiary/aromatic N) is 3. The minimum Gasteiger partial charge on any atom is -0.302 e. The molecule has 1 aliphatic heterocycles. The lowest BCUT2D eigenvalue weighted by Gasteiger charge is -2.49. The first-order valence-corrected chi connectivity index (χ1v) is 11.8. The van der Waals surface area contributed by atoms with Crippen LogP contribution in [0.1, 0.15) is 27.7 Å². The van der Waals surface area contributed by atoms with E-state index >= 15 is 0 Å². The number of rotatable bonds is 5. The van der Waals surface area contributed by atoms with Crippen molar-refractivity contribution in [3.05, 3.63) is 60.7 Å². The number of hydrogen-bond donors (Lipinski definition) is 0. The van der Waals surface area contributed by atoms with E-state index in [1.54, 1.807) is 0 Å². The first-order chi connectivity index (χ1) is 12.9. The molecule has 1 atom stereocenters. The van der Waals surface area contributed by atoms with Crippen LogP contribution >= 0.6 is 0 Å². The molecule has 3 rings (SSSR count). The SMILES string of the molecule is CC(C#N)CN1CCN([Si](c2ccccc2)(c2ccccc2)C(C)(C)C)C1. The van der Waals surface area contributed by atoms with Crippen molar-refractivity contribution in [1.29, 1.82) is 5.26 Å². The molecular weight excluding hydrogens is 346 g/mol. The van der Waals surface area contributed by atoms with E-state index in [0.29, 0.717) is 0 Å². The van der Waals surface area contributed by atoms with Gasteiger partial charge in [-0.25, -0.2) is 0 Å². The van der Waals surface area contributed by atoms with Crippen molar-refractivity contribution >= 4 is 18.6 Å². The molecule has 0 spiro atoms. The van der Waals surface area contributed by atoms with Gasteiger partial charge in [-0.3, -0.25) is 4.90 Å². The van der Waals surface area contributed by atoms with Crippen molar-refractivity contribution in [3.8, 4) is 6.07 Å². The Kier molecular flexibility index (Phi) is 5.85. The fourth-order valence-corrected chi connectivity index (χ4v) is 10.7. The normalized spacial score (nSPS) is 17.6. The minimum absolute atomic E-state index is 0.0732. The predicted octanol–water partition coefficient (Wildman–Crippen LogP) is 3.28. The third-order valence-electron chi connectivity index (χ3n) is 5.75. The van der Waals surface area contributed by atoms with Crippen LogP contribution in [0.3, 0.4) is 0 Å². The van der Waals surface area contributed by atoms with Gasteiger partial charge in [0, 0.05) is 26.3 Å². The third kappa shape index (κ3) is 3.73. The van der Waals surface area contributed by atoms with Crippen molar-refractivity contribution in [3.63, 3.8) is 0 Å². The highest BCUT2D eigenvalue weighted by molar-refractivity contribution is 7.02. The Morgan fingerprint density at radius 2 is 1.48 bits per heavy atom. The van der Waals surface area contributed by atoms with Crippen LogP contribution in [0.2, 0.25) is 5.04 Å². The van der Waals surface area contributed by atoms with Gasteiger partial charge in [-0.1, -0.05) is 81.4 Å². The van der Waals surface area contributed by atoms with Gasteiger partial charge >= 0.3 is 0 Å². The van der Waals surface area contributed by atoms with Crippen LogP contribution in [-0.4, -0.2) is 44.0 Å². The van der Waals surface area contributed by atoms with E-state index in [1.165, 1.54) is 10.4 Å². The molecule has 0 aliphatic carbocycles. The predicted molar refractivity (Wildman–Crippen MR) is 116 cm³/mol. The second kappa shape index (κ2) is 7.98. The van der Waals surface area contributed by atoms with Crippen LogP contribution < -0.4 is 10.4 Å². The number of hydrogen-bond acceptors (Lipinski definition) is 3. The van der Waals surface area contributed by atoms with Gasteiger partial charge in [0.25, 0.3) is 0 Å². The van der Waals surface area contributed by atoms with Gasteiger partial charge in [0.2, 0.25) is 0 Å². The van der Waals surface area contributed by atoms with Gasteiger partial charge in [0.05, 0.1) is 12.0 Å². The number of nitriles is 1. The smallest absolute Gasteiger partial charge is 0.199 e. The fourth-order valence-electron chi connectivity index (χ4n) is 4.73. The van der Waals surface area contributed by atoms with E-state index in [9.17, 15) is 5.26 Å². The monoisotopic (exact) mass is 377 g/mol. The average molecular weight is 378 g/mol. The summed E-state index contributed by atoms with van der Waals surface area (Å²) in [5.74, 6) is 0.0732. The van der Waals surface area contributed by atoms with Crippen LogP contribution in [0.5, 0.6) is 0 Å². The van der Waals surface area contributed by atoms with Crippen LogP contribution in [0.4, 0.5) is 0 Å². The summed E-state index contributed by atoms with van der Waals surface area (Å²) in [4.78, 5) is 2.45. The zero-order valence-corrected chi connectivity index (χ0v) is 18.0. The van der Waals surface area contributed by atoms with Gasteiger partial charge in [-0.05, 0) is 22.3 Å². The van der Waals surface area contributed by atoms with Crippen molar-refractivity contribution < 1.29 is 0 Å². The molecule has 4 heteroatoms. The molecule has 1 fully saturated rings. The summed E-state index contributed by atoms with van der Waals surface area (Å²) in [5, 5.41) is 12.3. The summed E-state index contributed by atoms with van der Waals surface area (Å²) in [6.45, 7) is 13.1. The maximum absolute atomic E-state index is 9.22. The topological polar surface area (TPSA) is 30.3 Å². The Balaban J connectivity index is 2.10. The second-order valence-corrected chi connectivity index (χ2v) is 13.4. The van der Waals surface area contributed by atoms with Gasteiger partial charge < -0.3 is 4.57 Å². The van der Waals surface area contributed by atoms with Crippen LogP contribution in [-0.2, 0) is 0 Å². The van der Waals surface area contributed by atoms with E-state index in [1.807, 2.05) is 6.92 Å². The summed E-state index contributed by atoms with van der Waals surface area (Å²) < 4.78 is 2.75. The van der Waals surface area contributed by atoms with E-state index in [4.69, 9.17) is 0 Å². The molecule has 3 nitrogen and oxygen atoms in total. The Morgan fingerprint density at radius 1 is 0.963 bits per heavy atom. The quantitative estimate of drug-likeness (QED) is 0.749. The van der Waals surface area contributed by atoms with Crippen LogP contribution in [0.15, 0.2) is 60.7 Å². The molecule has 0 amide bonds. The molecule has 2 aromatic rings. The first kappa shape index (κ1) is 19.8. The zero-order valence-electron chi connectivity index (χ0n) is 17.0. The van der Waals surface area contributed by atoms with Crippen molar-refractivity contribution in [1.82, 2.24) is 9.47 Å². The zero-order chi connectivity index (χ0) is 19.5. The molecular formula is C23H31N3Si. The summed E-state index contributed by atoms with van der Waals surface area (Å²) >= 11 is 0. The van der Waals surface area contributed by atoms with Crippen LogP contribution in [0, 0.1) is 17.2 Å². The molecule has 0 bridgehead atoms. The van der Waals surface area contributed by atoms with E-state index in [0.717, 1.165) is 26.3 Å². The van der Waals surface area contributed by atoms with E-state index in [2.05, 4.69) is 97.0 Å². The van der Waals surface area contributed by atoms with Crippen molar-refractivity contribution in [2.75, 3.05) is 26.3 Å². The highest BCUT2D eigenvalue weighted by atomic mass is 28.3. The largest absolute Gasteiger partial charge is 0.302 e. The maximum atomic E-state index is 9.22. The molecule has 1 unspecified atom stereocenters. The molecule has 2 aromatic carbocycles. The Morgan fingerprint density at radius 3 is 1.93 bits per heavy atom. The third-order valence-corrected chi connectivity index (χ3v) is 11.6. The summed E-state index contributed by atoms with van der Waals surface area (Å²) in [5.41, 5.74) is 0. The average Bonchev–Trinajstić information content (AvgIpc) is 3.11. The lowest BCUT2D eigenvalue weighted by atomic mass is 10.2. The van der Waals surface area contributed by atoms with Gasteiger partial charge in [0.1, 0.15) is 0 Å². The second-order valence-electron chi connectivity index (χ2n) is 8.70. The molecule has 1 heterocycles. The van der Waals surface area contributed by atoms with Crippen molar-refractivity contribution in [2.45, 2.75) is 32.7 Å². The standard InChI is InChI=1S/C23H31N3Si/c1-20(17-24)18-25-15-16-26(19-25)27(23(2,3)4,21-11-7-5-8-12-21)22-13-9-6-10-14-22/h5-14,20H,15-16,18-19H2,1-4H3. The lowest BCUT2D eigenvalue weighted by molar-refractivity contribution is 0.281. The van der Waals surface area contributed by atoms with Gasteiger partial charge in [-0.2, -0.15) is 5.26 Å². The highest BCUT2D eigenvalue weighted by Gasteiger charge is 2.53. The van der Waals surface area contributed by atoms with Gasteiger partial charge in [-0.15, -0.1) is 0 Å². The van der Waals surface area contributed by atoms with Gasteiger partial charge in [0.15, 0.2) is 8.24 Å². The lowest BCUT2D eigenvalue weighted by Crippen LogP contribution is -2.74. The van der Waals surface area contributed by atoms with Crippen LogP contribution in [0.25, 0.3) is 0 Å². The Bertz CT molecular complexity index is 737. The molecule has 0 saturated carbocycles. The molecule has 1 saturated heterocycles. The molecule has 27 heavy (non-hydrogen) atoms. The molecule has 1 aliphatic rings. The first-order valence-electron chi connectivity index (χ1n) is 9.87. The fraction of sp³-hybridized carbons (Fsp3) is 0.435. The number of benzene rings is 2. The summed E-state index contributed by atoms with van der Waals surface area (Å²) in [7, 11) is -2.21. The van der Waals surface area contributed by atoms with E-state index < -0.39 is 8.24 Å². The Hall–Kier alpha value is -1.93. The Labute approximate surface area is 165 Å². The minimum atomic E-state index is -2.21. The summed E-state index contributed by atoms with van der Waals surface area (Å²) in [6, 6.07) is 24.6. The molecule has 0 N–H and O–H groups in total. The molecule has 0 aromatic heterocycles. The molecule has 0 radical (unpaired) electrons. The van der Waals surface area contributed by atoms with E-state index in [-0.39, 0.29) is 11.0 Å². The maximum Gasteiger partial charge on any atom is 0.199 e. The highest BCUT2D eigenvalue weighted by Crippen LogP contribution is 2.39. The van der Waals surface area contributed by atoms with Crippen molar-refractivity contribution in [2.24, 2.45) is 5.92 Å². The molecule has 142 valence electrons.